The SMILES string of the molecule is CNCC1CCCN(C(=O)c2[nH]nc(-c3ccccc3)c2Br)C1.Cl. The molecule has 1 atom stereocenters. The second-order valence-corrected chi connectivity index (χ2v) is 6.74. The molecule has 0 aliphatic carbocycles. The van der Waals surface area contributed by atoms with Gasteiger partial charge in [0.2, 0.25) is 0 Å². The van der Waals surface area contributed by atoms with E-state index in [9.17, 15) is 4.79 Å². The molecule has 1 amide bonds. The van der Waals surface area contributed by atoms with Gasteiger partial charge in [0.25, 0.3) is 5.91 Å². The first-order chi connectivity index (χ1) is 11.2. The van der Waals surface area contributed by atoms with Crippen LogP contribution in [0.25, 0.3) is 11.3 Å². The van der Waals surface area contributed by atoms with E-state index >= 15 is 0 Å². The molecule has 1 saturated heterocycles. The molecule has 2 heterocycles. The molecule has 3 rings (SSSR count). The summed E-state index contributed by atoms with van der Waals surface area (Å²) in [4.78, 5) is 14.7. The second kappa shape index (κ2) is 8.65. The van der Waals surface area contributed by atoms with Crippen molar-refractivity contribution in [2.75, 3.05) is 26.7 Å². The predicted octanol–water partition coefficient (Wildman–Crippen LogP) is 3.33. The number of hydrogen-bond acceptors (Lipinski definition) is 3. The quantitative estimate of drug-likeness (QED) is 0.808. The van der Waals surface area contributed by atoms with Crippen LogP contribution in [0.3, 0.4) is 0 Å². The number of benzene rings is 1. The number of rotatable bonds is 4. The van der Waals surface area contributed by atoms with E-state index in [1.54, 1.807) is 0 Å². The van der Waals surface area contributed by atoms with Gasteiger partial charge in [-0.3, -0.25) is 9.89 Å². The van der Waals surface area contributed by atoms with Crippen molar-refractivity contribution in [2.45, 2.75) is 12.8 Å². The molecule has 2 aromatic rings. The van der Waals surface area contributed by atoms with Crippen LogP contribution in [0.2, 0.25) is 0 Å². The molecule has 130 valence electrons. The van der Waals surface area contributed by atoms with Gasteiger partial charge in [0.15, 0.2) is 0 Å². The first kappa shape index (κ1) is 19.0. The lowest BCUT2D eigenvalue weighted by molar-refractivity contribution is 0.0667. The fourth-order valence-corrected chi connectivity index (χ4v) is 3.70. The first-order valence-corrected chi connectivity index (χ1v) is 8.73. The van der Waals surface area contributed by atoms with Gasteiger partial charge in [0, 0.05) is 18.7 Å². The summed E-state index contributed by atoms with van der Waals surface area (Å²) < 4.78 is 0.740. The average molecular weight is 414 g/mol. The zero-order valence-electron chi connectivity index (χ0n) is 13.6. The Balaban J connectivity index is 0.00000208. The fraction of sp³-hybridized carbons (Fsp3) is 0.412. The molecule has 2 N–H and O–H groups in total. The maximum absolute atomic E-state index is 12.8. The van der Waals surface area contributed by atoms with E-state index in [2.05, 4.69) is 31.4 Å². The van der Waals surface area contributed by atoms with Gasteiger partial charge in [-0.15, -0.1) is 12.4 Å². The number of piperidine rings is 1. The van der Waals surface area contributed by atoms with Crippen molar-refractivity contribution in [1.82, 2.24) is 20.4 Å². The molecule has 1 aromatic heterocycles. The van der Waals surface area contributed by atoms with Gasteiger partial charge in [-0.25, -0.2) is 0 Å². The highest BCUT2D eigenvalue weighted by Gasteiger charge is 2.27. The molecule has 1 aromatic carbocycles. The van der Waals surface area contributed by atoms with E-state index in [-0.39, 0.29) is 18.3 Å². The number of carbonyl (C=O) groups excluding carboxylic acids is 1. The summed E-state index contributed by atoms with van der Waals surface area (Å²) in [5, 5.41) is 10.4. The molecular weight excluding hydrogens is 392 g/mol. The molecule has 1 aliphatic heterocycles. The lowest BCUT2D eigenvalue weighted by Crippen LogP contribution is -2.42. The highest BCUT2D eigenvalue weighted by molar-refractivity contribution is 9.10. The van der Waals surface area contributed by atoms with Crippen molar-refractivity contribution in [2.24, 2.45) is 5.92 Å². The van der Waals surface area contributed by atoms with Crippen LogP contribution in [0.5, 0.6) is 0 Å². The second-order valence-electron chi connectivity index (χ2n) is 5.94. The molecule has 0 saturated carbocycles. The van der Waals surface area contributed by atoms with E-state index in [4.69, 9.17) is 0 Å². The Kier molecular flexibility index (Phi) is 6.83. The van der Waals surface area contributed by atoms with E-state index < -0.39 is 0 Å². The maximum atomic E-state index is 12.8. The Morgan fingerprint density at radius 1 is 1.42 bits per heavy atom. The minimum absolute atomic E-state index is 0. The molecule has 1 fully saturated rings. The fourth-order valence-electron chi connectivity index (χ4n) is 3.12. The minimum atomic E-state index is 0. The first-order valence-electron chi connectivity index (χ1n) is 7.94. The largest absolute Gasteiger partial charge is 0.337 e. The average Bonchev–Trinajstić information content (AvgIpc) is 2.97. The Morgan fingerprint density at radius 2 is 2.17 bits per heavy atom. The van der Waals surface area contributed by atoms with Crippen molar-refractivity contribution in [3.8, 4) is 11.3 Å². The number of aromatic amines is 1. The third-order valence-electron chi connectivity index (χ3n) is 4.27. The summed E-state index contributed by atoms with van der Waals surface area (Å²) in [6.45, 7) is 2.56. The van der Waals surface area contributed by atoms with Crippen LogP contribution in [-0.2, 0) is 0 Å². The standard InChI is InChI=1S/C17H21BrN4O.ClH/c1-19-10-12-6-5-9-22(11-12)17(23)16-14(18)15(20-21-16)13-7-3-2-4-8-13;/h2-4,7-8,12,19H,5-6,9-11H2,1H3,(H,20,21);1H. The van der Waals surface area contributed by atoms with Gasteiger partial charge in [0.05, 0.1) is 4.47 Å². The highest BCUT2D eigenvalue weighted by atomic mass is 79.9. The summed E-state index contributed by atoms with van der Waals surface area (Å²) in [6.07, 6.45) is 2.22. The van der Waals surface area contributed by atoms with Gasteiger partial charge in [-0.2, -0.15) is 5.10 Å². The predicted molar refractivity (Wildman–Crippen MR) is 102 cm³/mol. The van der Waals surface area contributed by atoms with E-state index in [1.165, 1.54) is 6.42 Å². The smallest absolute Gasteiger partial charge is 0.273 e. The lowest BCUT2D eigenvalue weighted by Gasteiger charge is -2.32. The van der Waals surface area contributed by atoms with E-state index in [0.29, 0.717) is 11.6 Å². The number of amides is 1. The summed E-state index contributed by atoms with van der Waals surface area (Å²) in [5.41, 5.74) is 2.30. The summed E-state index contributed by atoms with van der Waals surface area (Å²) in [6, 6.07) is 9.86. The van der Waals surface area contributed by atoms with Gasteiger partial charge in [-0.05, 0) is 48.3 Å². The van der Waals surface area contributed by atoms with Crippen LogP contribution in [0.15, 0.2) is 34.8 Å². The lowest BCUT2D eigenvalue weighted by atomic mass is 9.98. The number of likely N-dealkylation sites (tertiary alicyclic amines) is 1. The van der Waals surface area contributed by atoms with Crippen LogP contribution in [-0.4, -0.2) is 47.7 Å². The van der Waals surface area contributed by atoms with Crippen molar-refractivity contribution in [3.63, 3.8) is 0 Å². The summed E-state index contributed by atoms with van der Waals surface area (Å²) in [7, 11) is 1.96. The molecule has 1 unspecified atom stereocenters. The van der Waals surface area contributed by atoms with Crippen molar-refractivity contribution >= 4 is 34.2 Å². The number of hydrogen-bond donors (Lipinski definition) is 2. The molecule has 24 heavy (non-hydrogen) atoms. The molecule has 7 heteroatoms. The monoisotopic (exact) mass is 412 g/mol. The van der Waals surface area contributed by atoms with Crippen LogP contribution < -0.4 is 5.32 Å². The zero-order chi connectivity index (χ0) is 16.2. The van der Waals surface area contributed by atoms with Crippen molar-refractivity contribution in [1.29, 1.82) is 0 Å². The molecule has 0 bridgehead atoms. The highest BCUT2D eigenvalue weighted by Crippen LogP contribution is 2.30. The maximum Gasteiger partial charge on any atom is 0.273 e. The normalized spacial score (nSPS) is 17.4. The van der Waals surface area contributed by atoms with E-state index in [0.717, 1.165) is 41.8 Å². The summed E-state index contributed by atoms with van der Waals surface area (Å²) in [5.74, 6) is 0.542. The van der Waals surface area contributed by atoms with Gasteiger partial charge in [-0.1, -0.05) is 30.3 Å². The Labute approximate surface area is 156 Å². The zero-order valence-corrected chi connectivity index (χ0v) is 16.0. The minimum Gasteiger partial charge on any atom is -0.337 e. The third-order valence-corrected chi connectivity index (χ3v) is 5.04. The van der Waals surface area contributed by atoms with Gasteiger partial charge < -0.3 is 10.2 Å². The van der Waals surface area contributed by atoms with E-state index in [1.807, 2.05) is 42.3 Å². The molecule has 0 radical (unpaired) electrons. The number of H-pyrrole nitrogens is 1. The van der Waals surface area contributed by atoms with Crippen LogP contribution >= 0.6 is 28.3 Å². The Morgan fingerprint density at radius 3 is 2.88 bits per heavy atom. The molecular formula is C17H22BrClN4O. The number of aromatic nitrogens is 2. The number of halogens is 2. The molecule has 0 spiro atoms. The topological polar surface area (TPSA) is 61.0 Å². The van der Waals surface area contributed by atoms with Crippen molar-refractivity contribution < 1.29 is 4.79 Å². The van der Waals surface area contributed by atoms with Crippen molar-refractivity contribution in [3.05, 3.63) is 40.5 Å². The Bertz CT molecular complexity index is 674. The van der Waals surface area contributed by atoms with Crippen LogP contribution in [0.4, 0.5) is 0 Å². The molecule has 1 aliphatic rings. The number of nitrogens with one attached hydrogen (secondary N) is 2. The van der Waals surface area contributed by atoms with Gasteiger partial charge >= 0.3 is 0 Å². The number of carbonyl (C=O) groups is 1. The van der Waals surface area contributed by atoms with Crippen LogP contribution in [0, 0.1) is 5.92 Å². The van der Waals surface area contributed by atoms with Gasteiger partial charge in [0.1, 0.15) is 11.4 Å². The summed E-state index contributed by atoms with van der Waals surface area (Å²) >= 11 is 3.55. The number of nitrogens with zero attached hydrogens (tertiary/aromatic N) is 2. The third kappa shape index (κ3) is 3.99. The Hall–Kier alpha value is -1.37. The van der Waals surface area contributed by atoms with Crippen LogP contribution in [0.1, 0.15) is 23.3 Å². The molecule has 5 nitrogen and oxygen atoms in total.